The molecule has 3 rings (SSSR count). The third kappa shape index (κ3) is 2.01. The van der Waals surface area contributed by atoms with Gasteiger partial charge in [0.25, 0.3) is 0 Å². The lowest BCUT2D eigenvalue weighted by Crippen LogP contribution is -2.01. The van der Waals surface area contributed by atoms with Crippen molar-refractivity contribution < 1.29 is 4.74 Å². The van der Waals surface area contributed by atoms with Gasteiger partial charge in [0.1, 0.15) is 5.75 Å². The van der Waals surface area contributed by atoms with Crippen LogP contribution < -0.4 is 4.74 Å². The molecule has 1 fully saturated rings. The zero-order valence-corrected chi connectivity index (χ0v) is 9.23. The van der Waals surface area contributed by atoms with Gasteiger partial charge in [0.05, 0.1) is 13.2 Å². The molecule has 0 spiro atoms. The molecule has 1 aliphatic heterocycles. The van der Waals surface area contributed by atoms with Crippen LogP contribution in [0.5, 0.6) is 5.75 Å². The van der Waals surface area contributed by atoms with Crippen LogP contribution in [0.3, 0.4) is 0 Å². The lowest BCUT2D eigenvalue weighted by Gasteiger charge is -2.11. The summed E-state index contributed by atoms with van der Waals surface area (Å²) >= 11 is 0. The minimum absolute atomic E-state index is 0.782. The Morgan fingerprint density at radius 3 is 2.88 bits per heavy atom. The Labute approximate surface area is 95.7 Å². The number of para-hydroxylation sites is 1. The van der Waals surface area contributed by atoms with Crippen LogP contribution in [0, 0.1) is 5.92 Å². The van der Waals surface area contributed by atoms with Crippen molar-refractivity contribution in [2.75, 3.05) is 13.2 Å². The fraction of sp³-hybridized carbons (Fsp3) is 0.357. The topological polar surface area (TPSA) is 21.6 Å². The Bertz CT molecular complexity index is 444. The maximum absolute atomic E-state index is 5.88. The third-order valence-electron chi connectivity index (χ3n) is 3.05. The number of aliphatic imine (C=N–C) groups is 1. The zero-order valence-electron chi connectivity index (χ0n) is 9.23. The van der Waals surface area contributed by atoms with Gasteiger partial charge in [-0.25, -0.2) is 0 Å². The molecule has 0 unspecified atom stereocenters. The molecule has 0 aromatic heterocycles. The molecule has 2 aliphatic rings. The van der Waals surface area contributed by atoms with Crippen LogP contribution >= 0.6 is 0 Å². The second-order valence-corrected chi connectivity index (χ2v) is 4.43. The Kier molecular flexibility index (Phi) is 2.49. The van der Waals surface area contributed by atoms with Crippen molar-refractivity contribution in [2.24, 2.45) is 10.9 Å². The summed E-state index contributed by atoms with van der Waals surface area (Å²) < 4.78 is 5.88. The van der Waals surface area contributed by atoms with Crippen molar-refractivity contribution in [1.82, 2.24) is 0 Å². The average molecular weight is 213 g/mol. The van der Waals surface area contributed by atoms with Crippen molar-refractivity contribution in [3.05, 3.63) is 35.9 Å². The molecule has 0 saturated heterocycles. The molecule has 1 aromatic carbocycles. The maximum Gasteiger partial charge on any atom is 0.126 e. The SMILES string of the molecule is C1=NCC(c2ccccc2OCC2CC2)=C1. The standard InChI is InChI=1S/C14H15NO/c1-2-4-14(16-10-11-5-6-11)13(3-1)12-7-8-15-9-12/h1-4,7-8,11H,5-6,9-10H2. The Morgan fingerprint density at radius 2 is 2.12 bits per heavy atom. The first-order chi connectivity index (χ1) is 7.93. The molecule has 1 aliphatic carbocycles. The summed E-state index contributed by atoms with van der Waals surface area (Å²) in [7, 11) is 0. The normalized spacial score (nSPS) is 18.6. The van der Waals surface area contributed by atoms with Gasteiger partial charge in [0.15, 0.2) is 0 Å². The predicted octanol–water partition coefficient (Wildman–Crippen LogP) is 2.94. The van der Waals surface area contributed by atoms with E-state index in [0.29, 0.717) is 0 Å². The van der Waals surface area contributed by atoms with Crippen LogP contribution in [0.15, 0.2) is 35.3 Å². The number of rotatable bonds is 4. The fourth-order valence-corrected chi connectivity index (χ4v) is 1.87. The molecular weight excluding hydrogens is 198 g/mol. The number of ether oxygens (including phenoxy) is 1. The summed E-state index contributed by atoms with van der Waals surface area (Å²) in [6.07, 6.45) is 6.59. The maximum atomic E-state index is 5.88. The first-order valence-corrected chi connectivity index (χ1v) is 5.84. The molecule has 1 saturated carbocycles. The van der Waals surface area contributed by atoms with Crippen LogP contribution in [0.25, 0.3) is 5.57 Å². The van der Waals surface area contributed by atoms with E-state index in [1.165, 1.54) is 24.0 Å². The van der Waals surface area contributed by atoms with Gasteiger partial charge in [-0.2, -0.15) is 0 Å². The number of nitrogens with zero attached hydrogens (tertiary/aromatic N) is 1. The van der Waals surface area contributed by atoms with Crippen molar-refractivity contribution in [2.45, 2.75) is 12.8 Å². The summed E-state index contributed by atoms with van der Waals surface area (Å²) in [6.45, 7) is 1.65. The van der Waals surface area contributed by atoms with Crippen LogP contribution in [-0.4, -0.2) is 19.4 Å². The molecule has 1 heterocycles. The van der Waals surface area contributed by atoms with Crippen LogP contribution in [-0.2, 0) is 0 Å². The van der Waals surface area contributed by atoms with Gasteiger partial charge in [-0.15, -0.1) is 0 Å². The monoisotopic (exact) mass is 213 g/mol. The van der Waals surface area contributed by atoms with Gasteiger partial charge >= 0.3 is 0 Å². The van der Waals surface area contributed by atoms with E-state index in [1.807, 2.05) is 12.3 Å². The first kappa shape index (κ1) is 9.64. The fourth-order valence-electron chi connectivity index (χ4n) is 1.87. The van der Waals surface area contributed by atoms with Gasteiger partial charge in [-0.05, 0) is 36.5 Å². The van der Waals surface area contributed by atoms with Crippen molar-refractivity contribution in [3.8, 4) is 5.75 Å². The zero-order chi connectivity index (χ0) is 10.8. The highest BCUT2D eigenvalue weighted by molar-refractivity contribution is 5.90. The van der Waals surface area contributed by atoms with E-state index >= 15 is 0 Å². The second kappa shape index (κ2) is 4.12. The van der Waals surface area contributed by atoms with Gasteiger partial charge in [0.2, 0.25) is 0 Å². The largest absolute Gasteiger partial charge is 0.493 e. The minimum atomic E-state index is 0.782. The van der Waals surface area contributed by atoms with E-state index in [0.717, 1.165) is 24.8 Å². The van der Waals surface area contributed by atoms with Gasteiger partial charge in [0, 0.05) is 11.8 Å². The molecule has 0 bridgehead atoms. The number of benzene rings is 1. The molecular formula is C14H15NO. The van der Waals surface area contributed by atoms with E-state index in [1.54, 1.807) is 0 Å². The molecule has 1 aromatic rings. The quantitative estimate of drug-likeness (QED) is 0.753. The van der Waals surface area contributed by atoms with E-state index < -0.39 is 0 Å². The average Bonchev–Trinajstić information content (AvgIpc) is 3.00. The Morgan fingerprint density at radius 1 is 1.25 bits per heavy atom. The Balaban J connectivity index is 1.79. The molecule has 0 amide bonds. The summed E-state index contributed by atoms with van der Waals surface area (Å²) in [5.41, 5.74) is 2.45. The van der Waals surface area contributed by atoms with Gasteiger partial charge < -0.3 is 4.74 Å². The molecule has 0 radical (unpaired) electrons. The third-order valence-corrected chi connectivity index (χ3v) is 3.05. The summed E-state index contributed by atoms with van der Waals surface area (Å²) in [5.74, 6) is 1.80. The lowest BCUT2D eigenvalue weighted by atomic mass is 10.1. The first-order valence-electron chi connectivity index (χ1n) is 5.84. The second-order valence-electron chi connectivity index (χ2n) is 4.43. The van der Waals surface area contributed by atoms with E-state index in [4.69, 9.17) is 4.74 Å². The van der Waals surface area contributed by atoms with E-state index in [-0.39, 0.29) is 0 Å². The Hall–Kier alpha value is -1.57. The van der Waals surface area contributed by atoms with Crippen molar-refractivity contribution in [3.63, 3.8) is 0 Å². The summed E-state index contributed by atoms with van der Waals surface area (Å²) in [5, 5.41) is 0. The van der Waals surface area contributed by atoms with Crippen LogP contribution in [0.2, 0.25) is 0 Å². The smallest absolute Gasteiger partial charge is 0.126 e. The van der Waals surface area contributed by atoms with Gasteiger partial charge in [-0.3, -0.25) is 4.99 Å². The summed E-state index contributed by atoms with van der Waals surface area (Å²) in [6, 6.07) is 8.25. The minimum Gasteiger partial charge on any atom is -0.493 e. The van der Waals surface area contributed by atoms with Crippen LogP contribution in [0.4, 0.5) is 0 Å². The molecule has 2 heteroatoms. The predicted molar refractivity (Wildman–Crippen MR) is 66.0 cm³/mol. The molecule has 82 valence electrons. The summed E-state index contributed by atoms with van der Waals surface area (Å²) in [4.78, 5) is 4.22. The lowest BCUT2D eigenvalue weighted by molar-refractivity contribution is 0.299. The highest BCUT2D eigenvalue weighted by Gasteiger charge is 2.22. The van der Waals surface area contributed by atoms with E-state index in [2.05, 4.69) is 29.3 Å². The molecule has 0 atom stereocenters. The van der Waals surface area contributed by atoms with Crippen molar-refractivity contribution >= 4 is 11.8 Å². The number of allylic oxidation sites excluding steroid dienone is 1. The molecule has 2 nitrogen and oxygen atoms in total. The van der Waals surface area contributed by atoms with Crippen molar-refractivity contribution in [1.29, 1.82) is 0 Å². The highest BCUT2D eigenvalue weighted by atomic mass is 16.5. The highest BCUT2D eigenvalue weighted by Crippen LogP contribution is 2.32. The number of hydrogen-bond donors (Lipinski definition) is 0. The number of hydrogen-bond acceptors (Lipinski definition) is 2. The molecule has 16 heavy (non-hydrogen) atoms. The van der Waals surface area contributed by atoms with Crippen LogP contribution in [0.1, 0.15) is 18.4 Å². The molecule has 0 N–H and O–H groups in total. The van der Waals surface area contributed by atoms with Gasteiger partial charge in [-0.1, -0.05) is 18.2 Å². The van der Waals surface area contributed by atoms with E-state index in [9.17, 15) is 0 Å².